The summed E-state index contributed by atoms with van der Waals surface area (Å²) in [7, 11) is 0. The van der Waals surface area contributed by atoms with Crippen molar-refractivity contribution in [1.29, 1.82) is 0 Å². The Bertz CT molecular complexity index is 995. The van der Waals surface area contributed by atoms with Gasteiger partial charge in [0.2, 0.25) is 0 Å². The van der Waals surface area contributed by atoms with Crippen LogP contribution in [0.15, 0.2) is 72.8 Å². The summed E-state index contributed by atoms with van der Waals surface area (Å²) in [6, 6.07) is 22.1. The molecule has 0 unspecified atom stereocenters. The van der Waals surface area contributed by atoms with Gasteiger partial charge in [-0.25, -0.2) is 0 Å². The van der Waals surface area contributed by atoms with Gasteiger partial charge in [0.15, 0.2) is 5.11 Å². The SMILES string of the molecule is O=C(NC(=S)Nc1ccc(OCCc2ccccc2)cc1)c1ccc(Cl)cc1Cl. The number of anilines is 1. The minimum atomic E-state index is -0.412. The minimum Gasteiger partial charge on any atom is -0.493 e. The van der Waals surface area contributed by atoms with Crippen LogP contribution in [-0.4, -0.2) is 17.6 Å². The molecule has 0 bridgehead atoms. The number of carbonyl (C=O) groups is 1. The largest absolute Gasteiger partial charge is 0.493 e. The van der Waals surface area contributed by atoms with Gasteiger partial charge in [0.05, 0.1) is 17.2 Å². The van der Waals surface area contributed by atoms with Crippen LogP contribution in [0, 0.1) is 0 Å². The molecule has 148 valence electrons. The summed E-state index contributed by atoms with van der Waals surface area (Å²) in [5.74, 6) is 0.347. The van der Waals surface area contributed by atoms with E-state index < -0.39 is 5.91 Å². The average Bonchev–Trinajstić information content (AvgIpc) is 2.70. The van der Waals surface area contributed by atoms with Crippen molar-refractivity contribution >= 4 is 52.1 Å². The first-order chi connectivity index (χ1) is 14.0. The number of hydrogen-bond donors (Lipinski definition) is 2. The lowest BCUT2D eigenvalue weighted by atomic mass is 10.2. The molecule has 0 saturated heterocycles. The second-order valence-electron chi connectivity index (χ2n) is 6.14. The van der Waals surface area contributed by atoms with Gasteiger partial charge in [-0.05, 0) is 60.2 Å². The van der Waals surface area contributed by atoms with Crippen LogP contribution in [0.5, 0.6) is 5.75 Å². The Labute approximate surface area is 184 Å². The van der Waals surface area contributed by atoms with Crippen molar-refractivity contribution in [3.8, 4) is 5.75 Å². The Morgan fingerprint density at radius 1 is 0.966 bits per heavy atom. The molecule has 0 saturated carbocycles. The van der Waals surface area contributed by atoms with Gasteiger partial charge in [0.25, 0.3) is 5.91 Å². The molecule has 0 aliphatic rings. The molecule has 3 aromatic carbocycles. The van der Waals surface area contributed by atoms with E-state index in [1.54, 1.807) is 12.1 Å². The summed E-state index contributed by atoms with van der Waals surface area (Å²) in [4.78, 5) is 12.3. The van der Waals surface area contributed by atoms with Crippen LogP contribution in [0.3, 0.4) is 0 Å². The van der Waals surface area contributed by atoms with Gasteiger partial charge in [-0.3, -0.25) is 10.1 Å². The molecule has 0 spiro atoms. The number of ether oxygens (including phenoxy) is 1. The fourth-order valence-corrected chi connectivity index (χ4v) is 3.28. The van der Waals surface area contributed by atoms with Gasteiger partial charge >= 0.3 is 0 Å². The van der Waals surface area contributed by atoms with E-state index in [1.165, 1.54) is 11.6 Å². The van der Waals surface area contributed by atoms with Crippen LogP contribution >= 0.6 is 35.4 Å². The van der Waals surface area contributed by atoms with Crippen molar-refractivity contribution in [2.24, 2.45) is 0 Å². The number of hydrogen-bond acceptors (Lipinski definition) is 3. The van der Waals surface area contributed by atoms with Crippen molar-refractivity contribution in [1.82, 2.24) is 5.32 Å². The van der Waals surface area contributed by atoms with Gasteiger partial charge in [-0.2, -0.15) is 0 Å². The Kier molecular flexibility index (Phi) is 7.47. The molecule has 7 heteroatoms. The first-order valence-corrected chi connectivity index (χ1v) is 10.0. The van der Waals surface area contributed by atoms with Crippen molar-refractivity contribution in [2.45, 2.75) is 6.42 Å². The van der Waals surface area contributed by atoms with E-state index >= 15 is 0 Å². The number of rotatable bonds is 6. The van der Waals surface area contributed by atoms with Crippen LogP contribution in [0.1, 0.15) is 15.9 Å². The highest BCUT2D eigenvalue weighted by atomic mass is 35.5. The van der Waals surface area contributed by atoms with Gasteiger partial charge in [0, 0.05) is 17.1 Å². The predicted octanol–water partition coefficient (Wildman–Crippen LogP) is 5.74. The minimum absolute atomic E-state index is 0.166. The third-order valence-corrected chi connectivity index (χ3v) is 4.77. The summed E-state index contributed by atoms with van der Waals surface area (Å²) in [6.07, 6.45) is 0.838. The third kappa shape index (κ3) is 6.46. The standard InChI is InChI=1S/C22H18Cl2N2O2S/c23-16-6-11-19(20(24)14-16)21(27)26-22(29)25-17-7-9-18(10-8-17)28-13-12-15-4-2-1-3-5-15/h1-11,14H,12-13H2,(H2,25,26,27,29). The second kappa shape index (κ2) is 10.3. The smallest absolute Gasteiger partial charge is 0.258 e. The molecule has 0 aliphatic carbocycles. The van der Waals surface area contributed by atoms with Crippen molar-refractivity contribution in [3.63, 3.8) is 0 Å². The van der Waals surface area contributed by atoms with Crippen LogP contribution < -0.4 is 15.4 Å². The molecular formula is C22H18Cl2N2O2S. The molecule has 3 rings (SSSR count). The molecule has 0 heterocycles. The molecule has 2 N–H and O–H groups in total. The first-order valence-electron chi connectivity index (χ1n) is 8.85. The number of benzene rings is 3. The zero-order valence-corrected chi connectivity index (χ0v) is 17.7. The highest BCUT2D eigenvalue weighted by Gasteiger charge is 2.12. The quantitative estimate of drug-likeness (QED) is 0.475. The van der Waals surface area contributed by atoms with Gasteiger partial charge in [0.1, 0.15) is 5.75 Å². The van der Waals surface area contributed by atoms with Crippen molar-refractivity contribution in [2.75, 3.05) is 11.9 Å². The zero-order valence-electron chi connectivity index (χ0n) is 15.3. The Balaban J connectivity index is 1.48. The van der Waals surface area contributed by atoms with E-state index in [0.29, 0.717) is 17.2 Å². The number of carbonyl (C=O) groups excluding carboxylic acids is 1. The lowest BCUT2D eigenvalue weighted by Crippen LogP contribution is -2.34. The van der Waals surface area contributed by atoms with Crippen molar-refractivity contribution in [3.05, 3.63) is 94.0 Å². The van der Waals surface area contributed by atoms with E-state index in [2.05, 4.69) is 22.8 Å². The van der Waals surface area contributed by atoms with Gasteiger partial charge in [-0.15, -0.1) is 0 Å². The molecule has 0 fully saturated rings. The van der Waals surface area contributed by atoms with Crippen LogP contribution in [0.4, 0.5) is 5.69 Å². The predicted molar refractivity (Wildman–Crippen MR) is 122 cm³/mol. The fourth-order valence-electron chi connectivity index (χ4n) is 2.57. The van der Waals surface area contributed by atoms with E-state index in [1.807, 2.05) is 42.5 Å². The summed E-state index contributed by atoms with van der Waals surface area (Å²) >= 11 is 17.1. The topological polar surface area (TPSA) is 50.4 Å². The van der Waals surface area contributed by atoms with Crippen LogP contribution in [-0.2, 0) is 6.42 Å². The van der Waals surface area contributed by atoms with E-state index in [9.17, 15) is 4.79 Å². The molecule has 0 atom stereocenters. The average molecular weight is 445 g/mol. The monoisotopic (exact) mass is 444 g/mol. The zero-order chi connectivity index (χ0) is 20.6. The number of nitrogens with one attached hydrogen (secondary N) is 2. The Morgan fingerprint density at radius 3 is 2.38 bits per heavy atom. The van der Waals surface area contributed by atoms with Crippen LogP contribution in [0.2, 0.25) is 10.0 Å². The third-order valence-electron chi connectivity index (χ3n) is 4.02. The maximum Gasteiger partial charge on any atom is 0.258 e. The highest BCUT2D eigenvalue weighted by Crippen LogP contribution is 2.21. The van der Waals surface area contributed by atoms with E-state index in [0.717, 1.165) is 17.9 Å². The first kappa shape index (κ1) is 21.1. The lowest BCUT2D eigenvalue weighted by molar-refractivity contribution is 0.0978. The van der Waals surface area contributed by atoms with Crippen molar-refractivity contribution < 1.29 is 9.53 Å². The number of halogens is 2. The van der Waals surface area contributed by atoms with Gasteiger partial charge < -0.3 is 10.1 Å². The molecule has 4 nitrogen and oxygen atoms in total. The molecule has 0 aliphatic heterocycles. The van der Waals surface area contributed by atoms with Gasteiger partial charge in [-0.1, -0.05) is 53.5 Å². The van der Waals surface area contributed by atoms with E-state index in [4.69, 9.17) is 40.2 Å². The Morgan fingerprint density at radius 2 is 1.69 bits per heavy atom. The molecule has 0 aromatic heterocycles. The second-order valence-corrected chi connectivity index (χ2v) is 7.39. The van der Waals surface area contributed by atoms with E-state index in [-0.39, 0.29) is 10.1 Å². The summed E-state index contributed by atoms with van der Waals surface area (Å²) in [5.41, 5.74) is 2.25. The van der Waals surface area contributed by atoms with Crippen LogP contribution in [0.25, 0.3) is 0 Å². The maximum absolute atomic E-state index is 12.3. The molecular weight excluding hydrogens is 427 g/mol. The molecule has 3 aromatic rings. The highest BCUT2D eigenvalue weighted by molar-refractivity contribution is 7.80. The Hall–Kier alpha value is -2.60. The fraction of sp³-hybridized carbons (Fsp3) is 0.0909. The number of amides is 1. The summed E-state index contributed by atoms with van der Waals surface area (Å²) in [6.45, 7) is 0.590. The maximum atomic E-state index is 12.3. The molecule has 0 radical (unpaired) electrons. The normalized spacial score (nSPS) is 10.3. The summed E-state index contributed by atoms with van der Waals surface area (Å²) < 4.78 is 5.76. The molecule has 1 amide bonds. The number of thiocarbonyl (C=S) groups is 1. The summed E-state index contributed by atoms with van der Waals surface area (Å²) in [5, 5.41) is 6.43. The molecule has 29 heavy (non-hydrogen) atoms. The lowest BCUT2D eigenvalue weighted by Gasteiger charge is -2.11.